The molecule has 4 rings (SSSR count). The fourth-order valence-corrected chi connectivity index (χ4v) is 4.61. The van der Waals surface area contributed by atoms with E-state index in [1.165, 1.54) is 0 Å². The standard InChI is InChI=1S/C21H23N5O2S/c1-12-4-3-9-26(11-12)21-24-18-17(20(28)25-21)16(15(10-22)19(27)23-18)13-5-7-14(29-2)8-6-13/h5-8,12,15-16H,3-4,9,11H2,1-2H3,(H2,23,24,25,27,28). The number of anilines is 2. The Labute approximate surface area is 173 Å². The molecule has 1 saturated heterocycles. The van der Waals surface area contributed by atoms with Gasteiger partial charge in [-0.1, -0.05) is 19.1 Å². The van der Waals surface area contributed by atoms with Gasteiger partial charge in [0.1, 0.15) is 11.7 Å². The highest BCUT2D eigenvalue weighted by Gasteiger charge is 2.40. The Morgan fingerprint density at radius 3 is 2.69 bits per heavy atom. The molecule has 1 amide bonds. The largest absolute Gasteiger partial charge is 0.342 e. The van der Waals surface area contributed by atoms with E-state index in [2.05, 4.69) is 33.2 Å². The van der Waals surface area contributed by atoms with Crippen molar-refractivity contribution in [2.75, 3.05) is 29.6 Å². The number of nitrogens with zero attached hydrogens (tertiary/aromatic N) is 3. The van der Waals surface area contributed by atoms with Crippen molar-refractivity contribution in [3.05, 3.63) is 45.7 Å². The van der Waals surface area contributed by atoms with Crippen molar-refractivity contribution < 1.29 is 4.79 Å². The van der Waals surface area contributed by atoms with Gasteiger partial charge in [0.25, 0.3) is 5.56 Å². The van der Waals surface area contributed by atoms with Gasteiger partial charge in [0, 0.05) is 23.9 Å². The van der Waals surface area contributed by atoms with Crippen LogP contribution in [0.1, 0.15) is 36.8 Å². The van der Waals surface area contributed by atoms with Crippen LogP contribution >= 0.6 is 11.8 Å². The van der Waals surface area contributed by atoms with E-state index in [-0.39, 0.29) is 11.4 Å². The number of hydrogen-bond donors (Lipinski definition) is 2. The molecule has 150 valence electrons. The van der Waals surface area contributed by atoms with Crippen LogP contribution in [-0.4, -0.2) is 35.2 Å². The summed E-state index contributed by atoms with van der Waals surface area (Å²) in [5, 5.41) is 12.3. The predicted octanol–water partition coefficient (Wildman–Crippen LogP) is 2.95. The molecule has 0 bridgehead atoms. The van der Waals surface area contributed by atoms with Crippen LogP contribution in [0.2, 0.25) is 0 Å². The SMILES string of the molecule is CSc1ccc(C2c3c(nc(N4CCCC(C)C4)[nH]c3=O)NC(=O)C2C#N)cc1. The number of carbonyl (C=O) groups excluding carboxylic acids is 1. The molecule has 3 unspecified atom stereocenters. The summed E-state index contributed by atoms with van der Waals surface area (Å²) in [6, 6.07) is 9.70. The third kappa shape index (κ3) is 3.62. The van der Waals surface area contributed by atoms with E-state index in [9.17, 15) is 14.9 Å². The Morgan fingerprint density at radius 1 is 1.28 bits per heavy atom. The minimum Gasteiger partial charge on any atom is -0.342 e. The van der Waals surface area contributed by atoms with E-state index in [1.54, 1.807) is 11.8 Å². The molecule has 0 saturated carbocycles. The smallest absolute Gasteiger partial charge is 0.258 e. The average Bonchev–Trinajstić information content (AvgIpc) is 2.72. The number of aromatic nitrogens is 2. The lowest BCUT2D eigenvalue weighted by molar-refractivity contribution is -0.119. The minimum absolute atomic E-state index is 0.261. The van der Waals surface area contributed by atoms with Crippen LogP contribution in [0.25, 0.3) is 0 Å². The van der Waals surface area contributed by atoms with Gasteiger partial charge in [-0.3, -0.25) is 14.6 Å². The fourth-order valence-electron chi connectivity index (χ4n) is 4.20. The predicted molar refractivity (Wildman–Crippen MR) is 113 cm³/mol. The van der Waals surface area contributed by atoms with Gasteiger partial charge >= 0.3 is 0 Å². The van der Waals surface area contributed by atoms with Gasteiger partial charge in [-0.25, -0.2) is 0 Å². The number of piperidine rings is 1. The molecule has 0 spiro atoms. The maximum Gasteiger partial charge on any atom is 0.258 e. The molecule has 2 N–H and O–H groups in total. The van der Waals surface area contributed by atoms with Crippen molar-refractivity contribution in [3.63, 3.8) is 0 Å². The molecule has 0 aliphatic carbocycles. The molecular weight excluding hydrogens is 386 g/mol. The monoisotopic (exact) mass is 409 g/mol. The summed E-state index contributed by atoms with van der Waals surface area (Å²) in [5.74, 6) is -0.790. The second-order valence-electron chi connectivity index (χ2n) is 7.69. The quantitative estimate of drug-likeness (QED) is 0.756. The first-order chi connectivity index (χ1) is 14.0. The molecule has 29 heavy (non-hydrogen) atoms. The number of aromatic amines is 1. The van der Waals surface area contributed by atoms with Crippen molar-refractivity contribution in [2.24, 2.45) is 11.8 Å². The first-order valence-corrected chi connectivity index (χ1v) is 11.0. The molecule has 2 aromatic rings. The molecule has 1 fully saturated rings. The first-order valence-electron chi connectivity index (χ1n) is 9.75. The number of H-pyrrole nitrogens is 1. The topological polar surface area (TPSA) is 102 Å². The zero-order valence-corrected chi connectivity index (χ0v) is 17.3. The van der Waals surface area contributed by atoms with E-state index in [4.69, 9.17) is 0 Å². The maximum atomic E-state index is 13.1. The number of hydrogen-bond acceptors (Lipinski definition) is 6. The maximum absolute atomic E-state index is 13.1. The van der Waals surface area contributed by atoms with Crippen molar-refractivity contribution in [1.82, 2.24) is 9.97 Å². The molecule has 3 heterocycles. The van der Waals surface area contributed by atoms with Crippen LogP contribution in [-0.2, 0) is 4.79 Å². The second-order valence-corrected chi connectivity index (χ2v) is 8.57. The second kappa shape index (κ2) is 7.91. The molecule has 3 atom stereocenters. The van der Waals surface area contributed by atoms with Gasteiger partial charge in [0.2, 0.25) is 11.9 Å². The number of amides is 1. The summed E-state index contributed by atoms with van der Waals surface area (Å²) in [7, 11) is 0. The van der Waals surface area contributed by atoms with E-state index in [0.717, 1.165) is 36.4 Å². The molecule has 8 heteroatoms. The van der Waals surface area contributed by atoms with Crippen LogP contribution in [0.4, 0.5) is 11.8 Å². The Balaban J connectivity index is 1.80. The van der Waals surface area contributed by atoms with E-state index in [0.29, 0.717) is 17.4 Å². The molecule has 2 aliphatic heterocycles. The summed E-state index contributed by atoms with van der Waals surface area (Å²) in [4.78, 5) is 36.4. The Bertz CT molecular complexity index is 1030. The number of nitrogens with one attached hydrogen (secondary N) is 2. The highest BCUT2D eigenvalue weighted by Crippen LogP contribution is 2.38. The lowest BCUT2D eigenvalue weighted by atomic mass is 9.79. The molecule has 2 aliphatic rings. The Kier molecular flexibility index (Phi) is 5.33. The van der Waals surface area contributed by atoms with Crippen LogP contribution in [0, 0.1) is 23.2 Å². The third-order valence-corrected chi connectivity index (χ3v) is 6.43. The summed E-state index contributed by atoms with van der Waals surface area (Å²) in [6.45, 7) is 3.81. The third-order valence-electron chi connectivity index (χ3n) is 5.68. The average molecular weight is 410 g/mol. The van der Waals surface area contributed by atoms with Gasteiger partial charge in [-0.05, 0) is 42.7 Å². The van der Waals surface area contributed by atoms with E-state index in [1.807, 2.05) is 30.5 Å². The van der Waals surface area contributed by atoms with Gasteiger partial charge < -0.3 is 10.2 Å². The molecule has 7 nitrogen and oxygen atoms in total. The zero-order chi connectivity index (χ0) is 20.5. The van der Waals surface area contributed by atoms with Crippen molar-refractivity contribution >= 4 is 29.4 Å². The van der Waals surface area contributed by atoms with Gasteiger partial charge in [0.15, 0.2) is 0 Å². The van der Waals surface area contributed by atoms with E-state index < -0.39 is 17.7 Å². The minimum atomic E-state index is -0.980. The highest BCUT2D eigenvalue weighted by molar-refractivity contribution is 7.98. The van der Waals surface area contributed by atoms with Crippen molar-refractivity contribution in [1.29, 1.82) is 5.26 Å². The summed E-state index contributed by atoms with van der Waals surface area (Å²) in [5.41, 5.74) is 0.807. The molecular formula is C21H23N5O2S. The summed E-state index contributed by atoms with van der Waals surface area (Å²) < 4.78 is 0. The van der Waals surface area contributed by atoms with Crippen LogP contribution < -0.4 is 15.8 Å². The lowest BCUT2D eigenvalue weighted by Crippen LogP contribution is -2.41. The Hall–Kier alpha value is -2.79. The van der Waals surface area contributed by atoms with Crippen LogP contribution in [0.15, 0.2) is 34.0 Å². The van der Waals surface area contributed by atoms with Gasteiger partial charge in [-0.2, -0.15) is 10.2 Å². The number of thioether (sulfide) groups is 1. The van der Waals surface area contributed by atoms with Crippen molar-refractivity contribution in [3.8, 4) is 6.07 Å². The number of benzene rings is 1. The van der Waals surface area contributed by atoms with E-state index >= 15 is 0 Å². The normalized spacial score (nSPS) is 23.8. The highest BCUT2D eigenvalue weighted by atomic mass is 32.2. The first kappa shape index (κ1) is 19.5. The molecule has 0 radical (unpaired) electrons. The van der Waals surface area contributed by atoms with Gasteiger partial charge in [-0.15, -0.1) is 11.8 Å². The summed E-state index contributed by atoms with van der Waals surface area (Å²) >= 11 is 1.61. The van der Waals surface area contributed by atoms with Crippen molar-refractivity contribution in [2.45, 2.75) is 30.6 Å². The van der Waals surface area contributed by atoms with Crippen LogP contribution in [0.3, 0.4) is 0 Å². The molecule has 1 aromatic heterocycles. The van der Waals surface area contributed by atoms with Gasteiger partial charge in [0.05, 0.1) is 11.6 Å². The Morgan fingerprint density at radius 2 is 2.03 bits per heavy atom. The number of nitriles is 1. The number of rotatable bonds is 3. The number of carbonyl (C=O) groups is 1. The fraction of sp³-hybridized carbons (Fsp3) is 0.429. The zero-order valence-electron chi connectivity index (χ0n) is 16.4. The lowest BCUT2D eigenvalue weighted by Gasteiger charge is -2.33. The van der Waals surface area contributed by atoms with Crippen LogP contribution in [0.5, 0.6) is 0 Å². The molecule has 1 aromatic carbocycles. The number of fused-ring (bicyclic) bond motifs is 1. The summed E-state index contributed by atoms with van der Waals surface area (Å²) in [6.07, 6.45) is 4.17.